The number of amides is 1. The highest BCUT2D eigenvalue weighted by Crippen LogP contribution is 2.19. The Labute approximate surface area is 140 Å². The second kappa shape index (κ2) is 7.29. The Kier molecular flexibility index (Phi) is 4.93. The van der Waals surface area contributed by atoms with Gasteiger partial charge in [-0.25, -0.2) is 14.6 Å². The summed E-state index contributed by atoms with van der Waals surface area (Å²) in [7, 11) is 1.59. The fourth-order valence-electron chi connectivity index (χ4n) is 2.27. The van der Waals surface area contributed by atoms with E-state index in [0.717, 1.165) is 11.3 Å². The highest BCUT2D eigenvalue weighted by atomic mass is 16.6. The predicted octanol–water partition coefficient (Wildman–Crippen LogP) is 1.41. The zero-order chi connectivity index (χ0) is 16.9. The van der Waals surface area contributed by atoms with Crippen LogP contribution in [0.5, 0.6) is 11.6 Å². The normalized spacial score (nSPS) is 14.2. The summed E-state index contributed by atoms with van der Waals surface area (Å²) >= 11 is 0. The number of nitrogens with two attached hydrogens (primary N) is 1. The molecule has 1 aliphatic heterocycles. The third-order valence-electron chi connectivity index (χ3n) is 3.62. The van der Waals surface area contributed by atoms with Crippen LogP contribution in [0, 0.1) is 6.92 Å². The van der Waals surface area contributed by atoms with Crippen molar-refractivity contribution in [2.45, 2.75) is 13.0 Å². The molecule has 0 bridgehead atoms. The van der Waals surface area contributed by atoms with E-state index in [1.54, 1.807) is 35.8 Å². The molecule has 0 spiro atoms. The second-order valence-corrected chi connectivity index (χ2v) is 5.61. The molecule has 0 saturated carbocycles. The fourth-order valence-corrected chi connectivity index (χ4v) is 2.27. The van der Waals surface area contributed by atoms with Gasteiger partial charge in [0.15, 0.2) is 5.69 Å². The zero-order valence-electron chi connectivity index (χ0n) is 13.6. The molecule has 7 nitrogen and oxygen atoms in total. The molecule has 7 heteroatoms. The first kappa shape index (κ1) is 16.2. The lowest BCUT2D eigenvalue weighted by molar-refractivity contribution is -0.830. The average Bonchev–Trinajstić information content (AvgIpc) is 2.54. The summed E-state index contributed by atoms with van der Waals surface area (Å²) in [5.74, 6) is 1.07. The number of hydrogen-bond donors (Lipinski definition) is 1. The maximum Gasteiger partial charge on any atom is 0.415 e. The number of pyridine rings is 1. The number of rotatable bonds is 5. The van der Waals surface area contributed by atoms with Gasteiger partial charge in [-0.15, -0.1) is 0 Å². The molecule has 0 aliphatic carbocycles. The van der Waals surface area contributed by atoms with E-state index in [0.29, 0.717) is 24.7 Å². The standard InChI is InChI=1S/C17H19N3O4/c1-12-3-8-16(18-9-12)23-15-10-20(11-15)17(21)24-14-6-4-13(5-7-14)19-22-2/h3-9,15,19H,10-11H2,1-2H3/p+1. The number of quaternary nitrogens is 1. The topological polar surface area (TPSA) is 77.5 Å². The Morgan fingerprint density at radius 2 is 1.96 bits per heavy atom. The largest absolute Gasteiger partial charge is 0.471 e. The molecule has 1 fully saturated rings. The van der Waals surface area contributed by atoms with Gasteiger partial charge in [-0.2, -0.15) is 5.48 Å². The zero-order valence-corrected chi connectivity index (χ0v) is 13.6. The number of carbonyl (C=O) groups is 1. The molecule has 126 valence electrons. The van der Waals surface area contributed by atoms with Gasteiger partial charge >= 0.3 is 6.09 Å². The Balaban J connectivity index is 1.45. The van der Waals surface area contributed by atoms with Gasteiger partial charge in [0.2, 0.25) is 5.88 Å². The van der Waals surface area contributed by atoms with Crippen LogP contribution in [0.25, 0.3) is 0 Å². The van der Waals surface area contributed by atoms with Gasteiger partial charge in [0, 0.05) is 24.4 Å². The summed E-state index contributed by atoms with van der Waals surface area (Å²) in [6, 6.07) is 10.9. The number of likely N-dealkylation sites (tertiary alicyclic amines) is 1. The molecule has 2 heterocycles. The van der Waals surface area contributed by atoms with Gasteiger partial charge in [-0.3, -0.25) is 0 Å². The Hall–Kier alpha value is -2.64. The predicted molar refractivity (Wildman–Crippen MR) is 86.0 cm³/mol. The van der Waals surface area contributed by atoms with Crippen LogP contribution < -0.4 is 15.0 Å². The molecule has 0 unspecified atom stereocenters. The van der Waals surface area contributed by atoms with Crippen molar-refractivity contribution < 1.29 is 24.6 Å². The molecule has 1 saturated heterocycles. The number of aryl methyl sites for hydroxylation is 1. The molecule has 3 rings (SSSR count). The lowest BCUT2D eigenvalue weighted by Crippen LogP contribution is -2.75. The quantitative estimate of drug-likeness (QED) is 0.662. The summed E-state index contributed by atoms with van der Waals surface area (Å²) in [6.07, 6.45) is 1.33. The molecule has 0 radical (unpaired) electrons. The molecule has 0 atom stereocenters. The number of benzene rings is 1. The molecule has 2 N–H and O–H groups in total. The number of carbonyl (C=O) groups excluding carboxylic acids is 1. The first-order chi connectivity index (χ1) is 11.6. The third kappa shape index (κ3) is 4.01. The molecule has 24 heavy (non-hydrogen) atoms. The Bertz CT molecular complexity index is 682. The van der Waals surface area contributed by atoms with Gasteiger partial charge in [-0.1, -0.05) is 6.07 Å². The molecular formula is C17H20N3O4+. The lowest BCUT2D eigenvalue weighted by Gasteiger charge is -2.37. The van der Waals surface area contributed by atoms with Crippen LogP contribution >= 0.6 is 0 Å². The SMILES string of the molecule is CO[NH2+]c1ccc(OC(=O)N2CC(Oc3ccc(C)cn3)C2)cc1. The summed E-state index contributed by atoms with van der Waals surface area (Å²) in [5.41, 5.74) is 3.60. The van der Waals surface area contributed by atoms with E-state index in [1.165, 1.54) is 0 Å². The van der Waals surface area contributed by atoms with E-state index in [2.05, 4.69) is 4.98 Å². The van der Waals surface area contributed by atoms with Crippen LogP contribution in [-0.4, -0.2) is 42.3 Å². The van der Waals surface area contributed by atoms with Crippen molar-refractivity contribution in [3.8, 4) is 11.6 Å². The third-order valence-corrected chi connectivity index (χ3v) is 3.62. The highest BCUT2D eigenvalue weighted by molar-refractivity contribution is 5.71. The minimum absolute atomic E-state index is 0.0496. The van der Waals surface area contributed by atoms with Crippen LogP contribution in [0.15, 0.2) is 42.6 Å². The first-order valence-electron chi connectivity index (χ1n) is 7.66. The summed E-state index contributed by atoms with van der Waals surface area (Å²) in [4.78, 5) is 22.8. The fraction of sp³-hybridized carbons (Fsp3) is 0.294. The van der Waals surface area contributed by atoms with Crippen LogP contribution in [0.3, 0.4) is 0 Å². The van der Waals surface area contributed by atoms with E-state index in [9.17, 15) is 4.79 Å². The van der Waals surface area contributed by atoms with Crippen molar-refractivity contribution in [1.29, 1.82) is 0 Å². The summed E-state index contributed by atoms with van der Waals surface area (Å²) < 4.78 is 11.0. The molecule has 1 aromatic carbocycles. The van der Waals surface area contributed by atoms with E-state index in [4.69, 9.17) is 14.3 Å². The molecule has 1 amide bonds. The number of ether oxygens (including phenoxy) is 2. The van der Waals surface area contributed by atoms with Crippen LogP contribution in [0.4, 0.5) is 10.5 Å². The van der Waals surface area contributed by atoms with Gasteiger partial charge in [0.25, 0.3) is 0 Å². The van der Waals surface area contributed by atoms with E-state index >= 15 is 0 Å². The first-order valence-corrected chi connectivity index (χ1v) is 7.66. The second-order valence-electron chi connectivity index (χ2n) is 5.61. The highest BCUT2D eigenvalue weighted by Gasteiger charge is 2.34. The van der Waals surface area contributed by atoms with Gasteiger partial charge in [-0.05, 0) is 24.6 Å². The van der Waals surface area contributed by atoms with Gasteiger partial charge < -0.3 is 14.4 Å². The van der Waals surface area contributed by atoms with Crippen molar-refractivity contribution in [2.24, 2.45) is 0 Å². The van der Waals surface area contributed by atoms with Gasteiger partial charge in [0.05, 0.1) is 20.2 Å². The van der Waals surface area contributed by atoms with Crippen LogP contribution in [0.1, 0.15) is 5.56 Å². The average molecular weight is 330 g/mol. The van der Waals surface area contributed by atoms with Crippen molar-refractivity contribution >= 4 is 11.8 Å². The van der Waals surface area contributed by atoms with Gasteiger partial charge in [0.1, 0.15) is 11.9 Å². The monoisotopic (exact) mass is 330 g/mol. The lowest BCUT2D eigenvalue weighted by atomic mass is 10.2. The summed E-state index contributed by atoms with van der Waals surface area (Å²) in [5, 5.41) is 0. The molecule has 2 aromatic rings. The number of aromatic nitrogens is 1. The maximum atomic E-state index is 12.0. The van der Waals surface area contributed by atoms with E-state index in [-0.39, 0.29) is 12.2 Å². The van der Waals surface area contributed by atoms with E-state index < -0.39 is 0 Å². The smallest absolute Gasteiger partial charge is 0.415 e. The summed E-state index contributed by atoms with van der Waals surface area (Å²) in [6.45, 7) is 2.95. The number of nitrogens with zero attached hydrogens (tertiary/aromatic N) is 2. The molecular weight excluding hydrogens is 310 g/mol. The molecule has 1 aliphatic rings. The van der Waals surface area contributed by atoms with E-state index in [1.807, 2.05) is 31.2 Å². The Morgan fingerprint density at radius 3 is 2.58 bits per heavy atom. The minimum Gasteiger partial charge on any atom is -0.471 e. The van der Waals surface area contributed by atoms with Crippen molar-refractivity contribution in [3.63, 3.8) is 0 Å². The van der Waals surface area contributed by atoms with Crippen LogP contribution in [0.2, 0.25) is 0 Å². The maximum absolute atomic E-state index is 12.0. The van der Waals surface area contributed by atoms with Crippen molar-refractivity contribution in [3.05, 3.63) is 48.2 Å². The number of hydrogen-bond acceptors (Lipinski definition) is 5. The van der Waals surface area contributed by atoms with Crippen molar-refractivity contribution in [2.75, 3.05) is 20.2 Å². The molecule has 1 aromatic heterocycles. The van der Waals surface area contributed by atoms with Crippen LogP contribution in [-0.2, 0) is 4.84 Å². The Morgan fingerprint density at radius 1 is 1.21 bits per heavy atom. The minimum atomic E-state index is -0.379. The van der Waals surface area contributed by atoms with Crippen molar-refractivity contribution in [1.82, 2.24) is 9.88 Å².